The minimum atomic E-state index is 0.544. The van der Waals surface area contributed by atoms with E-state index < -0.39 is 0 Å². The van der Waals surface area contributed by atoms with Gasteiger partial charge in [0.2, 0.25) is 4.77 Å². The summed E-state index contributed by atoms with van der Waals surface area (Å²) in [6.07, 6.45) is 0. The maximum atomic E-state index is 5.36. The molecule has 0 saturated carbocycles. The second-order valence-electron chi connectivity index (χ2n) is 5.61. The first-order valence-electron chi connectivity index (χ1n) is 7.71. The molecule has 1 N–H and O–H groups in total. The molecule has 3 rings (SSSR count). The molecule has 132 valence electrons. The van der Waals surface area contributed by atoms with Gasteiger partial charge in [-0.3, -0.25) is 10.00 Å². The van der Waals surface area contributed by atoms with Gasteiger partial charge in [-0.05, 0) is 48.4 Å². The summed E-state index contributed by atoms with van der Waals surface area (Å²) in [6.45, 7) is 1.36. The summed E-state index contributed by atoms with van der Waals surface area (Å²) in [4.78, 5) is 7.66. The molecule has 0 atom stereocenters. The molecule has 6 nitrogen and oxygen atoms in total. The van der Waals surface area contributed by atoms with Crippen molar-refractivity contribution in [1.29, 1.82) is 0 Å². The highest BCUT2D eigenvalue weighted by Crippen LogP contribution is 2.28. The monoisotopic (exact) mass is 376 g/mol. The van der Waals surface area contributed by atoms with Gasteiger partial charge in [-0.15, -0.1) is 11.3 Å². The molecule has 0 spiro atoms. The van der Waals surface area contributed by atoms with E-state index in [1.807, 2.05) is 47.4 Å². The van der Waals surface area contributed by atoms with E-state index in [4.69, 9.17) is 21.7 Å². The Labute approximate surface area is 155 Å². The van der Waals surface area contributed by atoms with Crippen LogP contribution in [0.3, 0.4) is 0 Å². The zero-order valence-corrected chi connectivity index (χ0v) is 16.0. The smallest absolute Gasteiger partial charge is 0.217 e. The summed E-state index contributed by atoms with van der Waals surface area (Å²) in [5.41, 5.74) is 1.13. The Kier molecular flexibility index (Phi) is 5.52. The fourth-order valence-electron chi connectivity index (χ4n) is 2.56. The SMILES string of the molecule is COc1ccc(CN(C)Cn2[nH]c(-c3cccs3)nc2=S)cc1OC. The first kappa shape index (κ1) is 17.7. The van der Waals surface area contributed by atoms with E-state index in [0.29, 0.717) is 11.4 Å². The summed E-state index contributed by atoms with van der Waals surface area (Å²) < 4.78 is 13.0. The fourth-order valence-corrected chi connectivity index (χ4v) is 3.42. The van der Waals surface area contributed by atoms with Gasteiger partial charge in [-0.25, -0.2) is 4.68 Å². The number of ether oxygens (including phenoxy) is 2. The summed E-state index contributed by atoms with van der Waals surface area (Å²) in [6, 6.07) is 9.95. The second-order valence-corrected chi connectivity index (χ2v) is 6.92. The van der Waals surface area contributed by atoms with Gasteiger partial charge in [0, 0.05) is 6.54 Å². The minimum absolute atomic E-state index is 0.544. The van der Waals surface area contributed by atoms with Gasteiger partial charge in [0.15, 0.2) is 17.3 Å². The van der Waals surface area contributed by atoms with Crippen LogP contribution in [0.25, 0.3) is 10.7 Å². The highest BCUT2D eigenvalue weighted by atomic mass is 32.1. The Balaban J connectivity index is 1.71. The van der Waals surface area contributed by atoms with Crippen LogP contribution in [0.2, 0.25) is 0 Å². The molecule has 8 heteroatoms. The molecule has 0 fully saturated rings. The van der Waals surface area contributed by atoms with Crippen molar-refractivity contribution >= 4 is 23.6 Å². The Morgan fingerprint density at radius 1 is 1.24 bits per heavy atom. The fraction of sp³-hybridized carbons (Fsp3) is 0.294. The first-order valence-corrected chi connectivity index (χ1v) is 8.99. The maximum absolute atomic E-state index is 5.36. The number of rotatable bonds is 7. The predicted molar refractivity (Wildman–Crippen MR) is 102 cm³/mol. The average Bonchev–Trinajstić information content (AvgIpc) is 3.25. The zero-order chi connectivity index (χ0) is 17.8. The molecular weight excluding hydrogens is 356 g/mol. The van der Waals surface area contributed by atoms with Crippen LogP contribution < -0.4 is 9.47 Å². The van der Waals surface area contributed by atoms with Gasteiger partial charge in [0.25, 0.3) is 0 Å². The number of aromatic amines is 1. The molecule has 2 heterocycles. The molecule has 1 aromatic carbocycles. The normalized spacial score (nSPS) is 11.0. The van der Waals surface area contributed by atoms with Gasteiger partial charge < -0.3 is 9.47 Å². The summed E-state index contributed by atoms with van der Waals surface area (Å²) >= 11 is 7.00. The number of hydrogen-bond donors (Lipinski definition) is 1. The highest BCUT2D eigenvalue weighted by Gasteiger charge is 2.10. The van der Waals surface area contributed by atoms with Crippen molar-refractivity contribution in [1.82, 2.24) is 19.7 Å². The molecule has 2 aromatic heterocycles. The number of H-pyrrole nitrogens is 1. The van der Waals surface area contributed by atoms with Crippen LogP contribution in [0.1, 0.15) is 5.56 Å². The third-order valence-corrected chi connectivity index (χ3v) is 4.91. The Bertz CT molecular complexity index is 886. The number of benzene rings is 1. The van der Waals surface area contributed by atoms with E-state index in [0.717, 1.165) is 34.3 Å². The van der Waals surface area contributed by atoms with Gasteiger partial charge in [0.1, 0.15) is 0 Å². The maximum Gasteiger partial charge on any atom is 0.217 e. The van der Waals surface area contributed by atoms with E-state index in [9.17, 15) is 0 Å². The van der Waals surface area contributed by atoms with E-state index in [-0.39, 0.29) is 0 Å². The third-order valence-electron chi connectivity index (χ3n) is 3.72. The van der Waals surface area contributed by atoms with Crippen molar-refractivity contribution in [3.05, 3.63) is 46.0 Å². The highest BCUT2D eigenvalue weighted by molar-refractivity contribution is 7.71. The molecule has 0 radical (unpaired) electrons. The lowest BCUT2D eigenvalue weighted by atomic mass is 10.2. The summed E-state index contributed by atoms with van der Waals surface area (Å²) in [5.74, 6) is 2.26. The largest absolute Gasteiger partial charge is 0.493 e. The van der Waals surface area contributed by atoms with E-state index in [1.54, 1.807) is 25.6 Å². The lowest BCUT2D eigenvalue weighted by molar-refractivity contribution is 0.244. The van der Waals surface area contributed by atoms with Crippen LogP contribution >= 0.6 is 23.6 Å². The lowest BCUT2D eigenvalue weighted by Gasteiger charge is -2.18. The molecule has 3 aromatic rings. The van der Waals surface area contributed by atoms with Crippen molar-refractivity contribution in [2.24, 2.45) is 0 Å². The number of aromatic nitrogens is 3. The Morgan fingerprint density at radius 2 is 2.04 bits per heavy atom. The van der Waals surface area contributed by atoms with Crippen molar-refractivity contribution in [3.8, 4) is 22.2 Å². The Morgan fingerprint density at radius 3 is 2.72 bits per heavy atom. The molecule has 0 amide bonds. The third kappa shape index (κ3) is 4.09. The standard InChI is InChI=1S/C17H20N4O2S2/c1-20(10-12-6-7-13(22-2)14(9-12)23-3)11-21-17(24)18-16(19-21)15-5-4-8-25-15/h4-9H,10-11H2,1-3H3,(H,18,19,24). The van der Waals surface area contributed by atoms with E-state index in [1.165, 1.54) is 0 Å². The molecule has 0 aliphatic carbocycles. The number of thiophene rings is 1. The number of hydrogen-bond acceptors (Lipinski definition) is 6. The molecule has 0 aliphatic heterocycles. The van der Waals surface area contributed by atoms with Crippen LogP contribution in [0.15, 0.2) is 35.7 Å². The molecule has 25 heavy (non-hydrogen) atoms. The van der Waals surface area contributed by atoms with Gasteiger partial charge >= 0.3 is 0 Å². The number of methoxy groups -OCH3 is 2. The van der Waals surface area contributed by atoms with Gasteiger partial charge in [-0.1, -0.05) is 12.1 Å². The quantitative estimate of drug-likeness (QED) is 0.636. The molecule has 0 saturated heterocycles. The van der Waals surface area contributed by atoms with Crippen LogP contribution in [0.4, 0.5) is 0 Å². The molecule has 0 bridgehead atoms. The molecular formula is C17H20N4O2S2. The van der Waals surface area contributed by atoms with Crippen molar-refractivity contribution in [2.75, 3.05) is 21.3 Å². The average molecular weight is 377 g/mol. The summed E-state index contributed by atoms with van der Waals surface area (Å²) in [5, 5.41) is 5.29. The van der Waals surface area contributed by atoms with Gasteiger partial charge in [-0.2, -0.15) is 4.98 Å². The predicted octanol–water partition coefficient (Wildman–Crippen LogP) is 3.78. The number of nitrogens with zero attached hydrogens (tertiary/aromatic N) is 3. The van der Waals surface area contributed by atoms with Crippen molar-refractivity contribution in [2.45, 2.75) is 13.2 Å². The Hall–Kier alpha value is -2.16. The molecule has 0 unspecified atom stereocenters. The van der Waals surface area contributed by atoms with E-state index in [2.05, 4.69) is 15.0 Å². The topological polar surface area (TPSA) is 55.3 Å². The lowest BCUT2D eigenvalue weighted by Crippen LogP contribution is -2.22. The summed E-state index contributed by atoms with van der Waals surface area (Å²) in [7, 11) is 5.31. The van der Waals surface area contributed by atoms with Gasteiger partial charge in [0.05, 0.1) is 25.8 Å². The van der Waals surface area contributed by atoms with Crippen LogP contribution in [0, 0.1) is 4.77 Å². The second kappa shape index (κ2) is 7.81. The van der Waals surface area contributed by atoms with Crippen LogP contribution in [-0.4, -0.2) is 40.9 Å². The molecule has 0 aliphatic rings. The van der Waals surface area contributed by atoms with Crippen molar-refractivity contribution < 1.29 is 9.47 Å². The van der Waals surface area contributed by atoms with Crippen LogP contribution in [-0.2, 0) is 13.2 Å². The van der Waals surface area contributed by atoms with E-state index >= 15 is 0 Å². The minimum Gasteiger partial charge on any atom is -0.493 e. The van der Waals surface area contributed by atoms with Crippen molar-refractivity contribution in [3.63, 3.8) is 0 Å². The first-order chi connectivity index (χ1) is 12.1. The van der Waals surface area contributed by atoms with Crippen LogP contribution in [0.5, 0.6) is 11.5 Å². The zero-order valence-electron chi connectivity index (χ0n) is 14.4. The number of nitrogens with one attached hydrogen (secondary N) is 1.